The summed E-state index contributed by atoms with van der Waals surface area (Å²) in [6, 6.07) is 8.30. The van der Waals surface area contributed by atoms with Gasteiger partial charge >= 0.3 is 0 Å². The average molecular weight is 245 g/mol. The average Bonchev–Trinajstić information content (AvgIpc) is 2.92. The number of amides is 1. The second kappa shape index (κ2) is 4.61. The van der Waals surface area contributed by atoms with Crippen LogP contribution in [0.4, 0.5) is 5.69 Å². The maximum atomic E-state index is 11.6. The molecule has 0 aromatic heterocycles. The SMILES string of the molecule is NN1CC(CCN2CCCC2=O)c2ccccc21. The highest BCUT2D eigenvalue weighted by Crippen LogP contribution is 2.36. The van der Waals surface area contributed by atoms with E-state index in [0.29, 0.717) is 11.8 Å². The van der Waals surface area contributed by atoms with E-state index >= 15 is 0 Å². The van der Waals surface area contributed by atoms with E-state index in [1.54, 1.807) is 0 Å². The molecule has 96 valence electrons. The molecule has 1 fully saturated rings. The molecule has 1 aromatic rings. The van der Waals surface area contributed by atoms with Crippen LogP contribution < -0.4 is 10.9 Å². The lowest BCUT2D eigenvalue weighted by molar-refractivity contribution is -0.127. The molecule has 0 aliphatic carbocycles. The molecule has 3 rings (SSSR count). The molecule has 4 heteroatoms. The molecule has 0 saturated carbocycles. The Balaban J connectivity index is 1.66. The summed E-state index contributed by atoms with van der Waals surface area (Å²) in [5, 5.41) is 1.83. The Kier molecular flexibility index (Phi) is 2.96. The standard InChI is InChI=1S/C14H19N3O/c15-17-10-11(12-4-1-2-5-13(12)17)7-9-16-8-3-6-14(16)18/h1-2,4-5,11H,3,6-10,15H2. The van der Waals surface area contributed by atoms with E-state index in [1.165, 1.54) is 5.56 Å². The second-order valence-electron chi connectivity index (χ2n) is 5.18. The van der Waals surface area contributed by atoms with E-state index in [2.05, 4.69) is 18.2 Å². The zero-order chi connectivity index (χ0) is 12.5. The van der Waals surface area contributed by atoms with E-state index in [1.807, 2.05) is 16.0 Å². The first kappa shape index (κ1) is 11.5. The predicted octanol–water partition coefficient (Wildman–Crippen LogP) is 1.48. The molecule has 2 aliphatic heterocycles. The molecule has 4 nitrogen and oxygen atoms in total. The Labute approximate surface area is 107 Å². The van der Waals surface area contributed by atoms with Gasteiger partial charge in [0.25, 0.3) is 0 Å². The third kappa shape index (κ3) is 1.97. The van der Waals surface area contributed by atoms with E-state index < -0.39 is 0 Å². The summed E-state index contributed by atoms with van der Waals surface area (Å²) in [6.07, 6.45) is 2.75. The van der Waals surface area contributed by atoms with Crippen LogP contribution in [0.15, 0.2) is 24.3 Å². The molecular weight excluding hydrogens is 226 g/mol. The number of likely N-dealkylation sites (tertiary alicyclic amines) is 1. The lowest BCUT2D eigenvalue weighted by Gasteiger charge is -2.18. The maximum Gasteiger partial charge on any atom is 0.222 e. The minimum atomic E-state index is 0.311. The van der Waals surface area contributed by atoms with Gasteiger partial charge in [0.15, 0.2) is 0 Å². The van der Waals surface area contributed by atoms with Gasteiger partial charge in [-0.05, 0) is 24.5 Å². The number of benzene rings is 1. The van der Waals surface area contributed by atoms with Crippen LogP contribution >= 0.6 is 0 Å². The van der Waals surface area contributed by atoms with E-state index in [-0.39, 0.29) is 0 Å². The van der Waals surface area contributed by atoms with Gasteiger partial charge in [-0.1, -0.05) is 18.2 Å². The summed E-state index contributed by atoms with van der Waals surface area (Å²) in [5.41, 5.74) is 2.46. The molecular formula is C14H19N3O. The second-order valence-corrected chi connectivity index (χ2v) is 5.18. The number of nitrogens with two attached hydrogens (primary N) is 1. The van der Waals surface area contributed by atoms with E-state index in [9.17, 15) is 4.79 Å². The lowest BCUT2D eigenvalue weighted by Crippen LogP contribution is -2.31. The number of carbonyl (C=O) groups is 1. The number of nitrogens with zero attached hydrogens (tertiary/aromatic N) is 2. The largest absolute Gasteiger partial charge is 0.343 e. The summed E-state index contributed by atoms with van der Waals surface area (Å²) < 4.78 is 0. The highest BCUT2D eigenvalue weighted by atomic mass is 16.2. The fourth-order valence-electron chi connectivity index (χ4n) is 3.03. The highest BCUT2D eigenvalue weighted by molar-refractivity contribution is 5.78. The van der Waals surface area contributed by atoms with Crippen molar-refractivity contribution in [3.8, 4) is 0 Å². The van der Waals surface area contributed by atoms with E-state index in [0.717, 1.165) is 44.6 Å². The van der Waals surface area contributed by atoms with Crippen LogP contribution in [0.1, 0.15) is 30.7 Å². The van der Waals surface area contributed by atoms with Crippen LogP contribution in [-0.4, -0.2) is 30.4 Å². The molecule has 1 atom stereocenters. The zero-order valence-electron chi connectivity index (χ0n) is 10.5. The fourth-order valence-corrected chi connectivity index (χ4v) is 3.03. The normalized spacial score (nSPS) is 22.7. The van der Waals surface area contributed by atoms with Gasteiger partial charge in [0, 0.05) is 32.0 Å². The number of hydrogen-bond acceptors (Lipinski definition) is 3. The van der Waals surface area contributed by atoms with Crippen molar-refractivity contribution < 1.29 is 4.79 Å². The molecule has 1 saturated heterocycles. The van der Waals surface area contributed by atoms with Crippen LogP contribution in [-0.2, 0) is 4.79 Å². The Morgan fingerprint density at radius 1 is 1.33 bits per heavy atom. The van der Waals surface area contributed by atoms with Gasteiger partial charge in [-0.3, -0.25) is 4.79 Å². The summed E-state index contributed by atoms with van der Waals surface area (Å²) in [6.45, 7) is 2.66. The first-order valence-electron chi connectivity index (χ1n) is 6.64. The number of para-hydroxylation sites is 1. The van der Waals surface area contributed by atoms with Crippen molar-refractivity contribution in [1.29, 1.82) is 0 Å². The summed E-state index contributed by atoms with van der Waals surface area (Å²) in [7, 11) is 0. The monoisotopic (exact) mass is 245 g/mol. The molecule has 2 N–H and O–H groups in total. The number of hydrazine groups is 1. The quantitative estimate of drug-likeness (QED) is 0.821. The Hall–Kier alpha value is -1.55. The molecule has 2 heterocycles. The number of carbonyl (C=O) groups excluding carboxylic acids is 1. The first-order valence-corrected chi connectivity index (χ1v) is 6.64. The third-order valence-corrected chi connectivity index (χ3v) is 4.02. The molecule has 0 spiro atoms. The van der Waals surface area contributed by atoms with Gasteiger partial charge < -0.3 is 9.91 Å². The Morgan fingerprint density at radius 2 is 2.17 bits per heavy atom. The number of anilines is 1. The first-order chi connectivity index (χ1) is 8.75. The number of rotatable bonds is 3. The summed E-state index contributed by atoms with van der Waals surface area (Å²) >= 11 is 0. The topological polar surface area (TPSA) is 49.6 Å². The fraction of sp³-hybridized carbons (Fsp3) is 0.500. The van der Waals surface area contributed by atoms with Gasteiger partial charge in [0.1, 0.15) is 0 Å². The van der Waals surface area contributed by atoms with Crippen LogP contribution in [0.5, 0.6) is 0 Å². The third-order valence-electron chi connectivity index (χ3n) is 4.02. The maximum absolute atomic E-state index is 11.6. The molecule has 0 bridgehead atoms. The van der Waals surface area contributed by atoms with Gasteiger partial charge in [-0.2, -0.15) is 0 Å². The predicted molar refractivity (Wildman–Crippen MR) is 71.1 cm³/mol. The summed E-state index contributed by atoms with van der Waals surface area (Å²) in [4.78, 5) is 13.6. The molecule has 1 aromatic carbocycles. The van der Waals surface area contributed by atoms with Crippen molar-refractivity contribution >= 4 is 11.6 Å². The van der Waals surface area contributed by atoms with E-state index in [4.69, 9.17) is 5.84 Å². The number of fused-ring (bicyclic) bond motifs is 1. The van der Waals surface area contributed by atoms with Crippen LogP contribution in [0.2, 0.25) is 0 Å². The summed E-state index contributed by atoms with van der Waals surface area (Å²) in [5.74, 6) is 6.77. The lowest BCUT2D eigenvalue weighted by atomic mass is 9.98. The smallest absolute Gasteiger partial charge is 0.222 e. The van der Waals surface area contributed by atoms with Crippen molar-refractivity contribution in [2.45, 2.75) is 25.2 Å². The molecule has 1 amide bonds. The van der Waals surface area contributed by atoms with Crippen LogP contribution in [0.25, 0.3) is 0 Å². The minimum Gasteiger partial charge on any atom is -0.343 e. The molecule has 18 heavy (non-hydrogen) atoms. The van der Waals surface area contributed by atoms with Crippen molar-refractivity contribution in [2.75, 3.05) is 24.6 Å². The minimum absolute atomic E-state index is 0.311. The van der Waals surface area contributed by atoms with Gasteiger partial charge in [0.05, 0.1) is 5.69 Å². The van der Waals surface area contributed by atoms with Crippen LogP contribution in [0, 0.1) is 0 Å². The zero-order valence-corrected chi connectivity index (χ0v) is 10.5. The molecule has 1 unspecified atom stereocenters. The Bertz CT molecular complexity index is 460. The van der Waals surface area contributed by atoms with Crippen molar-refractivity contribution in [1.82, 2.24) is 4.90 Å². The van der Waals surface area contributed by atoms with Gasteiger partial charge in [0.2, 0.25) is 5.91 Å². The van der Waals surface area contributed by atoms with Crippen molar-refractivity contribution in [2.24, 2.45) is 5.84 Å². The molecule has 2 aliphatic rings. The number of hydrogen-bond donors (Lipinski definition) is 1. The van der Waals surface area contributed by atoms with Crippen LogP contribution in [0.3, 0.4) is 0 Å². The highest BCUT2D eigenvalue weighted by Gasteiger charge is 2.28. The van der Waals surface area contributed by atoms with Gasteiger partial charge in [-0.15, -0.1) is 0 Å². The Morgan fingerprint density at radius 3 is 2.94 bits per heavy atom. The molecule has 0 radical (unpaired) electrons. The van der Waals surface area contributed by atoms with Crippen molar-refractivity contribution in [3.63, 3.8) is 0 Å². The van der Waals surface area contributed by atoms with Gasteiger partial charge in [-0.25, -0.2) is 5.84 Å². The van der Waals surface area contributed by atoms with Crippen molar-refractivity contribution in [3.05, 3.63) is 29.8 Å².